The maximum absolute atomic E-state index is 12.8. The molecule has 8 heteroatoms. The Morgan fingerprint density at radius 1 is 1.24 bits per heavy atom. The van der Waals surface area contributed by atoms with Crippen LogP contribution in [0.15, 0.2) is 35.1 Å². The van der Waals surface area contributed by atoms with E-state index in [1.54, 1.807) is 10.5 Å². The lowest BCUT2D eigenvalue weighted by atomic mass is 9.84. The lowest BCUT2D eigenvalue weighted by Crippen LogP contribution is -2.45. The lowest BCUT2D eigenvalue weighted by molar-refractivity contribution is 0.237. The number of halogens is 1. The number of nitrogens with one attached hydrogen (secondary N) is 1. The average molecular weight is 481 g/mol. The highest BCUT2D eigenvalue weighted by Crippen LogP contribution is 2.35. The van der Waals surface area contributed by atoms with Crippen LogP contribution in [-0.4, -0.2) is 41.5 Å². The fourth-order valence-corrected chi connectivity index (χ4v) is 6.31. The molecule has 1 fully saturated rings. The number of anilines is 1. The number of fused-ring (bicyclic) bond motifs is 1. The summed E-state index contributed by atoms with van der Waals surface area (Å²) in [5, 5.41) is 0. The largest absolute Gasteiger partial charge is 0.362 e. The van der Waals surface area contributed by atoms with Crippen molar-refractivity contribution in [2.45, 2.75) is 57.7 Å². The number of rotatable bonds is 5. The van der Waals surface area contributed by atoms with E-state index in [2.05, 4.69) is 36.9 Å². The monoisotopic (exact) mass is 480 g/mol. The first kappa shape index (κ1) is 20.9. The first-order chi connectivity index (χ1) is 13.9. The molecule has 0 bridgehead atoms. The quantitative estimate of drug-likeness (QED) is 0.692. The van der Waals surface area contributed by atoms with Gasteiger partial charge in [-0.25, -0.2) is 13.4 Å². The molecule has 4 rings (SSSR count). The number of aromatic amines is 1. The van der Waals surface area contributed by atoms with Gasteiger partial charge >= 0.3 is 0 Å². The fraction of sp³-hybridized carbons (Fsp3) is 0.571. The molecule has 0 spiro atoms. The smallest absolute Gasteiger partial charge is 0.211 e. The third kappa shape index (κ3) is 5.03. The summed E-state index contributed by atoms with van der Waals surface area (Å²) < 4.78 is 28.3. The fourth-order valence-electron chi connectivity index (χ4n) is 4.83. The molecule has 158 valence electrons. The van der Waals surface area contributed by atoms with Crippen molar-refractivity contribution in [2.75, 3.05) is 17.7 Å². The standard InChI is InChI=1S/C21H29BrN4O2S/c1-29(27,28)26-13-17-12-18(22)7-8-20(17)25(15-21-23-9-10-24-21)14-19(26)11-16-5-3-2-4-6-16/h7-10,12,16,19H,2-6,11,13-15H2,1H3,(H,23,24)/t19-/m1/s1. The number of H-pyrrole nitrogens is 1. The number of sulfonamides is 1. The van der Waals surface area contributed by atoms with E-state index in [0.29, 0.717) is 25.6 Å². The van der Waals surface area contributed by atoms with Gasteiger partial charge in [0, 0.05) is 41.7 Å². The Morgan fingerprint density at radius 3 is 2.72 bits per heavy atom. The zero-order valence-corrected chi connectivity index (χ0v) is 19.3. The van der Waals surface area contributed by atoms with Crippen molar-refractivity contribution in [1.82, 2.24) is 14.3 Å². The van der Waals surface area contributed by atoms with Gasteiger partial charge in [0.05, 0.1) is 12.8 Å². The highest BCUT2D eigenvalue weighted by molar-refractivity contribution is 9.10. The highest BCUT2D eigenvalue weighted by Gasteiger charge is 2.35. The topological polar surface area (TPSA) is 69.3 Å². The Hall–Kier alpha value is -1.38. The molecule has 0 saturated heterocycles. The lowest BCUT2D eigenvalue weighted by Gasteiger charge is -2.34. The van der Waals surface area contributed by atoms with Gasteiger partial charge in [-0.15, -0.1) is 0 Å². The van der Waals surface area contributed by atoms with Crippen LogP contribution in [0, 0.1) is 5.92 Å². The van der Waals surface area contributed by atoms with E-state index < -0.39 is 10.0 Å². The molecule has 1 aromatic carbocycles. The van der Waals surface area contributed by atoms with Crippen molar-refractivity contribution in [3.63, 3.8) is 0 Å². The van der Waals surface area contributed by atoms with E-state index in [9.17, 15) is 8.42 Å². The second-order valence-electron chi connectivity index (χ2n) is 8.39. The Kier molecular flexibility index (Phi) is 6.32. The molecule has 1 N–H and O–H groups in total. The van der Waals surface area contributed by atoms with Crippen LogP contribution >= 0.6 is 15.9 Å². The molecule has 1 aliphatic heterocycles. The minimum atomic E-state index is -3.32. The molecule has 2 aliphatic rings. The number of imidazole rings is 1. The van der Waals surface area contributed by atoms with Crippen LogP contribution in [0.1, 0.15) is 49.9 Å². The van der Waals surface area contributed by atoms with Crippen molar-refractivity contribution in [3.8, 4) is 0 Å². The van der Waals surface area contributed by atoms with Gasteiger partial charge in [0.2, 0.25) is 10.0 Å². The number of hydrogen-bond acceptors (Lipinski definition) is 4. The SMILES string of the molecule is CS(=O)(=O)N1Cc2cc(Br)ccc2N(Cc2ncc[nH]2)C[C@H]1CC1CCCCC1. The van der Waals surface area contributed by atoms with Crippen LogP contribution in [0.25, 0.3) is 0 Å². The summed E-state index contributed by atoms with van der Waals surface area (Å²) in [6.45, 7) is 1.74. The summed E-state index contributed by atoms with van der Waals surface area (Å²) in [4.78, 5) is 9.88. The molecule has 1 aromatic heterocycles. The Balaban J connectivity index is 1.69. The maximum atomic E-state index is 12.8. The van der Waals surface area contributed by atoms with E-state index in [4.69, 9.17) is 0 Å². The normalized spacial score (nSPS) is 21.7. The van der Waals surface area contributed by atoms with Gasteiger partial charge < -0.3 is 9.88 Å². The Morgan fingerprint density at radius 2 is 2.03 bits per heavy atom. The molecule has 2 aromatic rings. The van der Waals surface area contributed by atoms with Crippen molar-refractivity contribution in [2.24, 2.45) is 5.92 Å². The molecule has 29 heavy (non-hydrogen) atoms. The third-order valence-corrected chi connectivity index (χ3v) is 7.97. The first-order valence-corrected chi connectivity index (χ1v) is 13.0. The van der Waals surface area contributed by atoms with Crippen LogP contribution in [-0.2, 0) is 23.1 Å². The molecular formula is C21H29BrN4O2S. The second-order valence-corrected chi connectivity index (χ2v) is 11.2. The Bertz CT molecular complexity index is 926. The number of benzene rings is 1. The molecule has 2 heterocycles. The summed E-state index contributed by atoms with van der Waals surface area (Å²) in [6, 6.07) is 6.13. The van der Waals surface area contributed by atoms with E-state index in [1.807, 2.05) is 18.3 Å². The van der Waals surface area contributed by atoms with Gasteiger partial charge in [-0.3, -0.25) is 0 Å². The number of aromatic nitrogens is 2. The zero-order chi connectivity index (χ0) is 20.4. The third-order valence-electron chi connectivity index (χ3n) is 6.20. The summed E-state index contributed by atoms with van der Waals surface area (Å²) in [5.41, 5.74) is 2.12. The minimum Gasteiger partial charge on any atom is -0.362 e. The van der Waals surface area contributed by atoms with Crippen LogP contribution in [0.2, 0.25) is 0 Å². The Labute approximate surface area is 181 Å². The van der Waals surface area contributed by atoms with E-state index in [-0.39, 0.29) is 6.04 Å². The van der Waals surface area contributed by atoms with Gasteiger partial charge in [-0.2, -0.15) is 4.31 Å². The van der Waals surface area contributed by atoms with Crippen LogP contribution in [0.4, 0.5) is 5.69 Å². The molecule has 1 saturated carbocycles. The first-order valence-electron chi connectivity index (χ1n) is 10.4. The molecule has 1 atom stereocenters. The van der Waals surface area contributed by atoms with Crippen molar-refractivity contribution < 1.29 is 8.42 Å². The molecular weight excluding hydrogens is 452 g/mol. The summed E-state index contributed by atoms with van der Waals surface area (Å²) in [7, 11) is -3.32. The molecule has 0 amide bonds. The van der Waals surface area contributed by atoms with Crippen LogP contribution in [0.3, 0.4) is 0 Å². The predicted octanol–water partition coefficient (Wildman–Crippen LogP) is 4.29. The molecule has 0 unspecified atom stereocenters. The second kappa shape index (κ2) is 8.78. The van der Waals surface area contributed by atoms with Crippen LogP contribution in [0.5, 0.6) is 0 Å². The van der Waals surface area contributed by atoms with E-state index in [0.717, 1.165) is 28.0 Å². The maximum Gasteiger partial charge on any atom is 0.211 e. The molecule has 1 aliphatic carbocycles. The average Bonchev–Trinajstić information content (AvgIpc) is 3.13. The minimum absolute atomic E-state index is 0.0331. The number of nitrogens with zero attached hydrogens (tertiary/aromatic N) is 3. The zero-order valence-electron chi connectivity index (χ0n) is 16.8. The van der Waals surface area contributed by atoms with Crippen molar-refractivity contribution in [1.29, 1.82) is 0 Å². The van der Waals surface area contributed by atoms with Gasteiger partial charge in [-0.1, -0.05) is 48.0 Å². The van der Waals surface area contributed by atoms with Gasteiger partial charge in [0.1, 0.15) is 5.82 Å². The van der Waals surface area contributed by atoms with Gasteiger partial charge in [-0.05, 0) is 36.1 Å². The molecule has 0 radical (unpaired) electrons. The summed E-state index contributed by atoms with van der Waals surface area (Å²) in [6.07, 6.45) is 12.1. The van der Waals surface area contributed by atoms with Crippen molar-refractivity contribution in [3.05, 3.63) is 46.5 Å². The van der Waals surface area contributed by atoms with Gasteiger partial charge in [0.25, 0.3) is 0 Å². The van der Waals surface area contributed by atoms with E-state index >= 15 is 0 Å². The summed E-state index contributed by atoms with van der Waals surface area (Å²) >= 11 is 3.56. The van der Waals surface area contributed by atoms with Crippen LogP contribution < -0.4 is 4.90 Å². The van der Waals surface area contributed by atoms with E-state index in [1.165, 1.54) is 38.4 Å². The number of hydrogen-bond donors (Lipinski definition) is 1. The molecule has 6 nitrogen and oxygen atoms in total. The van der Waals surface area contributed by atoms with Gasteiger partial charge in [0.15, 0.2) is 0 Å². The van der Waals surface area contributed by atoms with Crippen molar-refractivity contribution >= 4 is 31.6 Å². The highest BCUT2D eigenvalue weighted by atomic mass is 79.9. The predicted molar refractivity (Wildman–Crippen MR) is 119 cm³/mol. The summed E-state index contributed by atoms with van der Waals surface area (Å²) in [5.74, 6) is 1.50.